The maximum Gasteiger partial charge on any atom is 0.323 e. The number of anilines is 4. The molecule has 0 radical (unpaired) electrons. The van der Waals surface area contributed by atoms with Crippen LogP contribution in [0, 0.1) is 0 Å². The van der Waals surface area contributed by atoms with Crippen molar-refractivity contribution in [3.63, 3.8) is 0 Å². The Morgan fingerprint density at radius 2 is 1.17 bits per heavy atom. The van der Waals surface area contributed by atoms with Crippen molar-refractivity contribution in [1.29, 1.82) is 0 Å². The van der Waals surface area contributed by atoms with Gasteiger partial charge >= 0.3 is 6.03 Å². The Kier molecular flexibility index (Phi) is 6.42. The number of carbonyl (C=O) groups is 1. The van der Waals surface area contributed by atoms with Gasteiger partial charge in [0.2, 0.25) is 5.75 Å². The second-order valence-corrected chi connectivity index (χ2v) is 6.06. The number of amides is 2. The zero-order valence-electron chi connectivity index (χ0n) is 16.5. The monoisotopic (exact) mass is 393 g/mol. The lowest BCUT2D eigenvalue weighted by atomic mass is 10.2. The molecule has 0 aliphatic carbocycles. The van der Waals surface area contributed by atoms with E-state index in [2.05, 4.69) is 16.0 Å². The van der Waals surface area contributed by atoms with Gasteiger partial charge in [-0.05, 0) is 36.4 Å². The Morgan fingerprint density at radius 1 is 0.655 bits per heavy atom. The van der Waals surface area contributed by atoms with E-state index >= 15 is 0 Å². The van der Waals surface area contributed by atoms with Crippen molar-refractivity contribution in [2.75, 3.05) is 37.3 Å². The quantitative estimate of drug-likeness (QED) is 0.520. The number of carbonyl (C=O) groups excluding carboxylic acids is 1. The van der Waals surface area contributed by atoms with E-state index in [0.717, 1.165) is 11.4 Å². The standard InChI is InChI=1S/C22H23N3O4/c1-27-19-13-18(14-20(28-2)21(19)29-3)25-22(26)24-17-11-9-16(10-12-17)23-15-7-5-4-6-8-15/h4-14,23H,1-3H3,(H2,24,25,26). The molecule has 3 N–H and O–H groups in total. The largest absolute Gasteiger partial charge is 0.493 e. The van der Waals surface area contributed by atoms with Crippen molar-refractivity contribution in [3.05, 3.63) is 66.7 Å². The molecule has 0 heterocycles. The molecule has 0 aromatic heterocycles. The molecule has 0 aliphatic heterocycles. The highest BCUT2D eigenvalue weighted by Gasteiger charge is 2.14. The maximum absolute atomic E-state index is 12.4. The summed E-state index contributed by atoms with van der Waals surface area (Å²) in [6, 6.07) is 20.2. The van der Waals surface area contributed by atoms with Crippen LogP contribution in [0.2, 0.25) is 0 Å². The first kappa shape index (κ1) is 19.9. The summed E-state index contributed by atoms with van der Waals surface area (Å²) in [5.41, 5.74) is 3.09. The van der Waals surface area contributed by atoms with Gasteiger partial charge in [-0.2, -0.15) is 0 Å². The van der Waals surface area contributed by atoms with Gasteiger partial charge < -0.3 is 30.2 Å². The van der Waals surface area contributed by atoms with Crippen molar-refractivity contribution in [2.24, 2.45) is 0 Å². The van der Waals surface area contributed by atoms with E-state index in [0.29, 0.717) is 28.6 Å². The number of urea groups is 1. The molecule has 0 saturated carbocycles. The molecule has 2 amide bonds. The number of nitrogens with one attached hydrogen (secondary N) is 3. The Balaban J connectivity index is 1.65. The smallest absolute Gasteiger partial charge is 0.323 e. The second kappa shape index (κ2) is 9.36. The highest BCUT2D eigenvalue weighted by molar-refractivity contribution is 6.00. The molecule has 29 heavy (non-hydrogen) atoms. The van der Waals surface area contributed by atoms with Crippen LogP contribution in [-0.2, 0) is 0 Å². The summed E-state index contributed by atoms with van der Waals surface area (Å²) in [4.78, 5) is 12.4. The number of rotatable bonds is 7. The topological polar surface area (TPSA) is 80.9 Å². The van der Waals surface area contributed by atoms with Gasteiger partial charge in [-0.15, -0.1) is 0 Å². The van der Waals surface area contributed by atoms with Gasteiger partial charge in [-0.25, -0.2) is 4.79 Å². The molecule has 7 heteroatoms. The Hall–Kier alpha value is -3.87. The Bertz CT molecular complexity index is 935. The highest BCUT2D eigenvalue weighted by atomic mass is 16.5. The summed E-state index contributed by atoms with van der Waals surface area (Å²) in [5, 5.41) is 8.85. The first-order chi connectivity index (χ1) is 14.1. The molecular weight excluding hydrogens is 370 g/mol. The third-order valence-corrected chi connectivity index (χ3v) is 4.13. The van der Waals surface area contributed by atoms with Crippen LogP contribution in [0.3, 0.4) is 0 Å². The molecule has 0 saturated heterocycles. The summed E-state index contributed by atoms with van der Waals surface area (Å²) in [6.07, 6.45) is 0. The molecule has 3 aromatic carbocycles. The van der Waals surface area contributed by atoms with E-state index in [1.54, 1.807) is 12.1 Å². The van der Waals surface area contributed by atoms with E-state index in [-0.39, 0.29) is 6.03 Å². The summed E-state index contributed by atoms with van der Waals surface area (Å²) < 4.78 is 15.9. The van der Waals surface area contributed by atoms with Crippen LogP contribution < -0.4 is 30.2 Å². The van der Waals surface area contributed by atoms with Crippen molar-refractivity contribution < 1.29 is 19.0 Å². The molecule has 3 rings (SSSR count). The first-order valence-corrected chi connectivity index (χ1v) is 8.93. The van der Waals surface area contributed by atoms with Crippen molar-refractivity contribution >= 4 is 28.8 Å². The number of hydrogen-bond donors (Lipinski definition) is 3. The predicted molar refractivity (Wildman–Crippen MR) is 115 cm³/mol. The van der Waals surface area contributed by atoms with Gasteiger partial charge in [-0.3, -0.25) is 0 Å². The Morgan fingerprint density at radius 3 is 1.72 bits per heavy atom. The fourth-order valence-corrected chi connectivity index (χ4v) is 2.77. The second-order valence-electron chi connectivity index (χ2n) is 6.06. The van der Waals surface area contributed by atoms with Gasteiger partial charge in [0.1, 0.15) is 0 Å². The number of methoxy groups -OCH3 is 3. The van der Waals surface area contributed by atoms with Crippen molar-refractivity contribution in [2.45, 2.75) is 0 Å². The maximum atomic E-state index is 12.4. The lowest BCUT2D eigenvalue weighted by Crippen LogP contribution is -2.19. The molecule has 0 fully saturated rings. The summed E-state index contributed by atoms with van der Waals surface area (Å²) >= 11 is 0. The third kappa shape index (κ3) is 5.10. The van der Waals surface area contributed by atoms with E-state index < -0.39 is 0 Å². The molecule has 0 aliphatic rings. The molecular formula is C22H23N3O4. The van der Waals surface area contributed by atoms with Crippen LogP contribution >= 0.6 is 0 Å². The van der Waals surface area contributed by atoms with Gasteiger partial charge in [0.25, 0.3) is 0 Å². The van der Waals surface area contributed by atoms with E-state index in [1.807, 2.05) is 54.6 Å². The molecule has 0 spiro atoms. The van der Waals surface area contributed by atoms with Crippen LogP contribution in [0.4, 0.5) is 27.5 Å². The summed E-state index contributed by atoms with van der Waals surface area (Å²) in [5.74, 6) is 1.37. The Labute approximate surface area is 169 Å². The lowest BCUT2D eigenvalue weighted by molar-refractivity contribution is 0.262. The molecule has 0 atom stereocenters. The van der Waals surface area contributed by atoms with Gasteiger partial charge in [0.05, 0.1) is 27.0 Å². The lowest BCUT2D eigenvalue weighted by Gasteiger charge is -2.15. The minimum atomic E-state index is -0.386. The molecule has 0 bridgehead atoms. The number of ether oxygens (including phenoxy) is 3. The third-order valence-electron chi connectivity index (χ3n) is 4.13. The van der Waals surface area contributed by atoms with Crippen molar-refractivity contribution in [3.8, 4) is 17.2 Å². The average molecular weight is 393 g/mol. The SMILES string of the molecule is COc1cc(NC(=O)Nc2ccc(Nc3ccccc3)cc2)cc(OC)c1OC. The van der Waals surface area contributed by atoms with Gasteiger partial charge in [0.15, 0.2) is 11.5 Å². The normalized spacial score (nSPS) is 10.0. The van der Waals surface area contributed by atoms with E-state index in [4.69, 9.17) is 14.2 Å². The van der Waals surface area contributed by atoms with Gasteiger partial charge in [0, 0.05) is 29.2 Å². The van der Waals surface area contributed by atoms with Crippen LogP contribution in [0.15, 0.2) is 66.7 Å². The number of benzene rings is 3. The fraction of sp³-hybridized carbons (Fsp3) is 0.136. The minimum Gasteiger partial charge on any atom is -0.493 e. The van der Waals surface area contributed by atoms with Gasteiger partial charge in [-0.1, -0.05) is 18.2 Å². The number of para-hydroxylation sites is 1. The zero-order chi connectivity index (χ0) is 20.6. The predicted octanol–water partition coefficient (Wildman–Crippen LogP) is 5.10. The molecule has 3 aromatic rings. The molecule has 0 unspecified atom stereocenters. The average Bonchev–Trinajstić information content (AvgIpc) is 2.75. The molecule has 150 valence electrons. The van der Waals surface area contributed by atoms with Crippen LogP contribution in [0.1, 0.15) is 0 Å². The zero-order valence-corrected chi connectivity index (χ0v) is 16.5. The highest BCUT2D eigenvalue weighted by Crippen LogP contribution is 2.39. The van der Waals surface area contributed by atoms with Crippen LogP contribution in [0.5, 0.6) is 17.2 Å². The van der Waals surface area contributed by atoms with Crippen LogP contribution in [-0.4, -0.2) is 27.4 Å². The number of hydrogen-bond acceptors (Lipinski definition) is 5. The summed E-state index contributed by atoms with van der Waals surface area (Å²) in [6.45, 7) is 0. The molecule has 7 nitrogen and oxygen atoms in total. The van der Waals surface area contributed by atoms with Crippen molar-refractivity contribution in [1.82, 2.24) is 0 Å². The summed E-state index contributed by atoms with van der Waals surface area (Å²) in [7, 11) is 4.56. The van der Waals surface area contributed by atoms with E-state index in [1.165, 1.54) is 21.3 Å². The van der Waals surface area contributed by atoms with E-state index in [9.17, 15) is 4.79 Å². The fourth-order valence-electron chi connectivity index (χ4n) is 2.77. The first-order valence-electron chi connectivity index (χ1n) is 8.93. The van der Waals surface area contributed by atoms with Crippen LogP contribution in [0.25, 0.3) is 0 Å². The minimum absolute atomic E-state index is 0.386.